The fourth-order valence-electron chi connectivity index (χ4n) is 2.63. The Hall–Kier alpha value is -2.19. The van der Waals surface area contributed by atoms with E-state index in [0.717, 1.165) is 5.56 Å². The Morgan fingerprint density at radius 2 is 1.64 bits per heavy atom. The van der Waals surface area contributed by atoms with Gasteiger partial charge in [0.05, 0.1) is 16.4 Å². The van der Waals surface area contributed by atoms with Crippen molar-refractivity contribution in [2.45, 2.75) is 17.1 Å². The third kappa shape index (κ3) is 4.26. The molecule has 3 rings (SSSR count). The van der Waals surface area contributed by atoms with Crippen LogP contribution in [0.2, 0.25) is 0 Å². The fraction of sp³-hybridized carbons (Fsp3) is 0.235. The number of benzene rings is 2. The molecule has 0 unspecified atom stereocenters. The van der Waals surface area contributed by atoms with Crippen LogP contribution in [-0.2, 0) is 25.6 Å². The molecule has 6 nitrogen and oxygen atoms in total. The lowest BCUT2D eigenvalue weighted by Crippen LogP contribution is -2.22. The zero-order valence-corrected chi connectivity index (χ0v) is 15.1. The molecule has 0 aromatic heterocycles. The third-order valence-corrected chi connectivity index (χ3v) is 6.86. The first-order valence-corrected chi connectivity index (χ1v) is 11.1. The molecule has 1 N–H and O–H groups in total. The maximum Gasteiger partial charge on any atom is 0.263 e. The smallest absolute Gasteiger partial charge is 0.263 e. The monoisotopic (exact) mass is 378 g/mol. The summed E-state index contributed by atoms with van der Waals surface area (Å²) in [5, 5.41) is 0. The standard InChI is InChI=1S/C17H18N2O4S2/c20-24(21,13-14-7-2-1-3-8-14)12-6-11-18-17-15-9-4-5-10-16(15)25(22,23)19-17/h1-5,7-10H,6,11-13H2,(H,18,19). The Morgan fingerprint density at radius 1 is 0.960 bits per heavy atom. The summed E-state index contributed by atoms with van der Waals surface area (Å²) < 4.78 is 50.6. The van der Waals surface area contributed by atoms with E-state index < -0.39 is 19.9 Å². The van der Waals surface area contributed by atoms with Crippen LogP contribution in [0.15, 0.2) is 64.5 Å². The maximum absolute atomic E-state index is 12.1. The SMILES string of the molecule is O=S(=O)(CCCN=C1NS(=O)(=O)c2ccccc21)Cc1ccccc1. The van der Waals surface area contributed by atoms with Crippen LogP contribution < -0.4 is 4.72 Å². The maximum atomic E-state index is 12.1. The van der Waals surface area contributed by atoms with Crippen molar-refractivity contribution in [3.05, 3.63) is 65.7 Å². The first-order chi connectivity index (χ1) is 11.9. The van der Waals surface area contributed by atoms with Crippen LogP contribution >= 0.6 is 0 Å². The summed E-state index contributed by atoms with van der Waals surface area (Å²) in [5.41, 5.74) is 1.28. The topological polar surface area (TPSA) is 92.7 Å². The molecule has 0 fully saturated rings. The molecular weight excluding hydrogens is 360 g/mol. The average molecular weight is 378 g/mol. The molecule has 132 valence electrons. The third-order valence-electron chi connectivity index (χ3n) is 3.78. The van der Waals surface area contributed by atoms with Gasteiger partial charge in [0.1, 0.15) is 5.84 Å². The number of rotatable bonds is 6. The minimum Gasteiger partial charge on any atom is -0.267 e. The van der Waals surface area contributed by atoms with Crippen LogP contribution in [0.5, 0.6) is 0 Å². The molecule has 8 heteroatoms. The highest BCUT2D eigenvalue weighted by Crippen LogP contribution is 2.22. The molecule has 2 aromatic rings. The summed E-state index contributed by atoms with van der Waals surface area (Å²) in [6, 6.07) is 15.6. The number of sulfone groups is 1. The van der Waals surface area contributed by atoms with Gasteiger partial charge in [-0.25, -0.2) is 16.8 Å². The summed E-state index contributed by atoms with van der Waals surface area (Å²) in [7, 11) is -6.78. The number of nitrogens with one attached hydrogen (secondary N) is 1. The van der Waals surface area contributed by atoms with Gasteiger partial charge in [0.25, 0.3) is 10.0 Å². The Balaban J connectivity index is 1.61. The summed E-state index contributed by atoms with van der Waals surface area (Å²) in [6.45, 7) is 0.236. The number of hydrogen-bond acceptors (Lipinski definition) is 5. The van der Waals surface area contributed by atoms with Gasteiger partial charge in [-0.05, 0) is 24.1 Å². The van der Waals surface area contributed by atoms with E-state index in [1.807, 2.05) is 6.07 Å². The summed E-state index contributed by atoms with van der Waals surface area (Å²) in [5.74, 6) is 0.281. The Morgan fingerprint density at radius 3 is 2.40 bits per heavy atom. The number of amidine groups is 1. The quantitative estimate of drug-likeness (QED) is 0.775. The van der Waals surface area contributed by atoms with E-state index in [9.17, 15) is 16.8 Å². The van der Waals surface area contributed by atoms with E-state index in [1.165, 1.54) is 6.07 Å². The van der Waals surface area contributed by atoms with Crippen molar-refractivity contribution in [1.29, 1.82) is 0 Å². The molecule has 0 radical (unpaired) electrons. The van der Waals surface area contributed by atoms with Gasteiger partial charge in [0.2, 0.25) is 0 Å². The average Bonchev–Trinajstić information content (AvgIpc) is 2.83. The van der Waals surface area contributed by atoms with Crippen molar-refractivity contribution in [1.82, 2.24) is 4.72 Å². The lowest BCUT2D eigenvalue weighted by molar-refractivity contribution is 0.591. The van der Waals surface area contributed by atoms with E-state index >= 15 is 0 Å². The van der Waals surface area contributed by atoms with Gasteiger partial charge in [-0.3, -0.25) is 9.71 Å². The minimum absolute atomic E-state index is 0.000125. The van der Waals surface area contributed by atoms with E-state index in [4.69, 9.17) is 0 Å². The highest BCUT2D eigenvalue weighted by atomic mass is 32.2. The first-order valence-electron chi connectivity index (χ1n) is 7.78. The Labute approximate surface area is 147 Å². The van der Waals surface area contributed by atoms with Crippen LogP contribution in [0.3, 0.4) is 0 Å². The zero-order valence-electron chi connectivity index (χ0n) is 13.4. The minimum atomic E-state index is -3.56. The van der Waals surface area contributed by atoms with Gasteiger partial charge in [-0.15, -0.1) is 0 Å². The number of aliphatic imine (C=N–C) groups is 1. The largest absolute Gasteiger partial charge is 0.267 e. The van der Waals surface area contributed by atoms with E-state index in [1.54, 1.807) is 42.5 Å². The van der Waals surface area contributed by atoms with Crippen molar-refractivity contribution < 1.29 is 16.8 Å². The molecule has 1 aliphatic rings. The molecule has 0 saturated carbocycles. The molecule has 25 heavy (non-hydrogen) atoms. The summed E-state index contributed by atoms with van der Waals surface area (Å²) >= 11 is 0. The van der Waals surface area contributed by atoms with Crippen molar-refractivity contribution >= 4 is 25.7 Å². The van der Waals surface area contributed by atoms with E-state index in [0.29, 0.717) is 12.0 Å². The molecule has 0 amide bonds. The molecule has 0 bridgehead atoms. The van der Waals surface area contributed by atoms with Gasteiger partial charge in [-0.2, -0.15) is 0 Å². The van der Waals surface area contributed by atoms with Crippen molar-refractivity contribution in [2.24, 2.45) is 4.99 Å². The molecule has 0 aliphatic carbocycles. The van der Waals surface area contributed by atoms with Crippen LogP contribution in [-0.4, -0.2) is 35.0 Å². The second kappa shape index (κ2) is 6.97. The van der Waals surface area contributed by atoms with Crippen LogP contribution in [0, 0.1) is 0 Å². The number of fused-ring (bicyclic) bond motifs is 1. The van der Waals surface area contributed by atoms with E-state index in [-0.39, 0.29) is 28.8 Å². The number of nitrogens with zero attached hydrogens (tertiary/aromatic N) is 1. The fourth-order valence-corrected chi connectivity index (χ4v) is 5.29. The molecule has 1 aliphatic heterocycles. The lowest BCUT2D eigenvalue weighted by atomic mass is 10.2. The molecule has 0 spiro atoms. The van der Waals surface area contributed by atoms with Crippen LogP contribution in [0.25, 0.3) is 0 Å². The van der Waals surface area contributed by atoms with Crippen LogP contribution in [0.4, 0.5) is 0 Å². The molecule has 0 atom stereocenters. The van der Waals surface area contributed by atoms with Crippen molar-refractivity contribution in [3.8, 4) is 0 Å². The van der Waals surface area contributed by atoms with E-state index in [2.05, 4.69) is 9.71 Å². The Kier molecular flexibility index (Phi) is 4.91. The number of sulfonamides is 1. The van der Waals surface area contributed by atoms with Crippen LogP contribution in [0.1, 0.15) is 17.5 Å². The molecular formula is C17H18N2O4S2. The predicted octanol–water partition coefficient (Wildman–Crippen LogP) is 1.73. The van der Waals surface area contributed by atoms with Gasteiger partial charge in [-0.1, -0.05) is 42.5 Å². The van der Waals surface area contributed by atoms with Gasteiger partial charge in [0.15, 0.2) is 9.84 Å². The lowest BCUT2D eigenvalue weighted by Gasteiger charge is -2.04. The van der Waals surface area contributed by atoms with Crippen molar-refractivity contribution in [3.63, 3.8) is 0 Å². The normalized spacial score (nSPS) is 17.2. The summed E-state index contributed by atoms with van der Waals surface area (Å²) in [6.07, 6.45) is 0.336. The van der Waals surface area contributed by atoms with Gasteiger partial charge in [0, 0.05) is 12.1 Å². The number of hydrogen-bond donors (Lipinski definition) is 1. The molecule has 2 aromatic carbocycles. The molecule has 0 saturated heterocycles. The second-order valence-corrected chi connectivity index (χ2v) is 9.60. The predicted molar refractivity (Wildman–Crippen MR) is 96.7 cm³/mol. The highest BCUT2D eigenvalue weighted by molar-refractivity contribution is 7.91. The summed E-state index contributed by atoms with van der Waals surface area (Å²) in [4.78, 5) is 4.43. The van der Waals surface area contributed by atoms with Crippen molar-refractivity contribution in [2.75, 3.05) is 12.3 Å². The molecule has 1 heterocycles. The van der Waals surface area contributed by atoms with Gasteiger partial charge >= 0.3 is 0 Å². The van der Waals surface area contributed by atoms with Gasteiger partial charge < -0.3 is 0 Å². The first kappa shape index (κ1) is 17.6. The second-order valence-electron chi connectivity index (χ2n) is 5.76. The highest BCUT2D eigenvalue weighted by Gasteiger charge is 2.29. The zero-order chi connectivity index (χ0) is 17.9. The Bertz CT molecular complexity index is 998.